The van der Waals surface area contributed by atoms with Crippen molar-refractivity contribution in [3.63, 3.8) is 0 Å². The fourth-order valence-corrected chi connectivity index (χ4v) is 1.44. The molecule has 1 amide bonds. The number of hydrogen-bond donors (Lipinski definition) is 4. The van der Waals surface area contributed by atoms with Crippen molar-refractivity contribution in [2.45, 2.75) is 19.9 Å². The molecule has 0 heterocycles. The fraction of sp³-hybridized carbons (Fsp3) is 0.333. The number of hydrogen-bond acceptors (Lipinski definition) is 4. The fourth-order valence-electron chi connectivity index (χ4n) is 1.44. The van der Waals surface area contributed by atoms with E-state index in [0.29, 0.717) is 0 Å². The topological polar surface area (TPSA) is 107 Å². The van der Waals surface area contributed by atoms with E-state index < -0.39 is 23.7 Å². The average Bonchev–Trinajstić information content (AvgIpc) is 2.24. The van der Waals surface area contributed by atoms with Crippen LogP contribution in [0.5, 0.6) is 11.5 Å². The van der Waals surface area contributed by atoms with E-state index in [1.807, 2.05) is 0 Å². The van der Waals surface area contributed by atoms with Crippen LogP contribution in [0.25, 0.3) is 0 Å². The number of phenols is 2. The lowest BCUT2D eigenvalue weighted by Gasteiger charge is -2.18. The van der Waals surface area contributed by atoms with Gasteiger partial charge >= 0.3 is 5.97 Å². The van der Waals surface area contributed by atoms with Gasteiger partial charge in [-0.2, -0.15) is 0 Å². The summed E-state index contributed by atoms with van der Waals surface area (Å²) in [6.07, 6.45) is 0. The minimum Gasteiger partial charge on any atom is -0.508 e. The van der Waals surface area contributed by atoms with Gasteiger partial charge in [-0.05, 0) is 18.1 Å². The third-order valence-electron chi connectivity index (χ3n) is 2.45. The van der Waals surface area contributed by atoms with Crippen molar-refractivity contribution in [2.75, 3.05) is 0 Å². The molecule has 1 atom stereocenters. The molecular weight excluding hydrogens is 238 g/mol. The number of carboxylic acid groups (broad SMARTS) is 1. The molecular formula is C12H15NO5. The van der Waals surface area contributed by atoms with Gasteiger partial charge in [0.1, 0.15) is 17.5 Å². The predicted molar refractivity (Wildman–Crippen MR) is 63.5 cm³/mol. The lowest BCUT2D eigenvalue weighted by atomic mass is 10.0. The molecule has 0 aliphatic rings. The zero-order chi connectivity index (χ0) is 13.9. The van der Waals surface area contributed by atoms with Gasteiger partial charge in [0, 0.05) is 6.07 Å². The van der Waals surface area contributed by atoms with Gasteiger partial charge in [-0.1, -0.05) is 13.8 Å². The normalized spacial score (nSPS) is 12.2. The highest BCUT2D eigenvalue weighted by atomic mass is 16.4. The zero-order valence-electron chi connectivity index (χ0n) is 10.0. The van der Waals surface area contributed by atoms with Crippen molar-refractivity contribution < 1.29 is 24.9 Å². The Morgan fingerprint density at radius 3 is 2.28 bits per heavy atom. The van der Waals surface area contributed by atoms with E-state index >= 15 is 0 Å². The van der Waals surface area contributed by atoms with Gasteiger partial charge in [-0.3, -0.25) is 4.79 Å². The number of amides is 1. The van der Waals surface area contributed by atoms with Gasteiger partial charge in [0.05, 0.1) is 5.56 Å². The average molecular weight is 253 g/mol. The van der Waals surface area contributed by atoms with Crippen molar-refractivity contribution in [1.82, 2.24) is 5.32 Å². The standard InChI is InChI=1S/C12H15NO5/c1-6(2)10(12(17)18)13-11(16)8-4-3-7(14)5-9(8)15/h3-6,10,14-15H,1-2H3,(H,13,16)(H,17,18)/t10-/m1/s1. The minimum absolute atomic E-state index is 0.0836. The number of aliphatic carboxylic acids is 1. The quantitative estimate of drug-likeness (QED) is 0.638. The van der Waals surface area contributed by atoms with Crippen LogP contribution in [-0.4, -0.2) is 33.2 Å². The highest BCUT2D eigenvalue weighted by Gasteiger charge is 2.24. The summed E-state index contributed by atoms with van der Waals surface area (Å²) in [5.41, 5.74) is -0.0836. The maximum absolute atomic E-state index is 11.8. The maximum atomic E-state index is 11.8. The van der Waals surface area contributed by atoms with Crippen LogP contribution in [0.3, 0.4) is 0 Å². The van der Waals surface area contributed by atoms with Crippen LogP contribution in [0.15, 0.2) is 18.2 Å². The molecule has 0 aliphatic heterocycles. The second-order valence-electron chi connectivity index (χ2n) is 4.23. The van der Waals surface area contributed by atoms with Gasteiger partial charge in [0.25, 0.3) is 5.91 Å². The molecule has 1 rings (SSSR count). The molecule has 0 bridgehead atoms. The molecule has 18 heavy (non-hydrogen) atoms. The smallest absolute Gasteiger partial charge is 0.326 e. The Balaban J connectivity index is 2.91. The lowest BCUT2D eigenvalue weighted by Crippen LogP contribution is -2.44. The Kier molecular flexibility index (Phi) is 4.14. The first kappa shape index (κ1) is 13.8. The van der Waals surface area contributed by atoms with Gasteiger partial charge in [0.2, 0.25) is 0 Å². The molecule has 0 aromatic heterocycles. The molecule has 98 valence electrons. The Hall–Kier alpha value is -2.24. The van der Waals surface area contributed by atoms with Crippen LogP contribution in [0.2, 0.25) is 0 Å². The van der Waals surface area contributed by atoms with E-state index in [0.717, 1.165) is 6.07 Å². The van der Waals surface area contributed by atoms with Crippen molar-refractivity contribution >= 4 is 11.9 Å². The van der Waals surface area contributed by atoms with Crippen molar-refractivity contribution in [3.05, 3.63) is 23.8 Å². The first-order chi connectivity index (χ1) is 8.32. The van der Waals surface area contributed by atoms with E-state index in [1.54, 1.807) is 13.8 Å². The highest BCUT2D eigenvalue weighted by molar-refractivity contribution is 5.99. The number of rotatable bonds is 4. The Morgan fingerprint density at radius 2 is 1.83 bits per heavy atom. The van der Waals surface area contributed by atoms with Crippen LogP contribution >= 0.6 is 0 Å². The summed E-state index contributed by atoms with van der Waals surface area (Å²) in [4.78, 5) is 22.7. The third-order valence-corrected chi connectivity index (χ3v) is 2.45. The summed E-state index contributed by atoms with van der Waals surface area (Å²) in [5, 5.41) is 29.8. The van der Waals surface area contributed by atoms with Crippen LogP contribution < -0.4 is 5.32 Å². The third kappa shape index (κ3) is 3.13. The largest absolute Gasteiger partial charge is 0.508 e. The molecule has 0 aliphatic carbocycles. The summed E-state index contributed by atoms with van der Waals surface area (Å²) in [5.74, 6) is -2.71. The van der Waals surface area contributed by atoms with E-state index in [4.69, 9.17) is 10.2 Å². The number of nitrogens with one attached hydrogen (secondary N) is 1. The molecule has 1 aromatic carbocycles. The first-order valence-corrected chi connectivity index (χ1v) is 5.38. The number of carbonyl (C=O) groups excluding carboxylic acids is 1. The molecule has 0 fully saturated rings. The molecule has 0 spiro atoms. The number of benzene rings is 1. The summed E-state index contributed by atoms with van der Waals surface area (Å²) in [6.45, 7) is 3.32. The lowest BCUT2D eigenvalue weighted by molar-refractivity contribution is -0.140. The molecule has 0 unspecified atom stereocenters. The van der Waals surface area contributed by atoms with Crippen LogP contribution in [0.4, 0.5) is 0 Å². The second-order valence-corrected chi connectivity index (χ2v) is 4.23. The summed E-state index contributed by atoms with van der Waals surface area (Å²) in [6, 6.07) is 2.43. The molecule has 0 radical (unpaired) electrons. The number of phenolic OH excluding ortho intramolecular Hbond substituents is 2. The van der Waals surface area contributed by atoms with Crippen molar-refractivity contribution in [2.24, 2.45) is 5.92 Å². The van der Waals surface area contributed by atoms with E-state index in [1.165, 1.54) is 12.1 Å². The van der Waals surface area contributed by atoms with Gasteiger partial charge < -0.3 is 20.6 Å². The van der Waals surface area contributed by atoms with Crippen LogP contribution in [0, 0.1) is 5.92 Å². The maximum Gasteiger partial charge on any atom is 0.326 e. The molecule has 6 nitrogen and oxygen atoms in total. The van der Waals surface area contributed by atoms with Crippen LogP contribution in [-0.2, 0) is 4.79 Å². The van der Waals surface area contributed by atoms with E-state index in [9.17, 15) is 14.7 Å². The molecule has 4 N–H and O–H groups in total. The van der Waals surface area contributed by atoms with Crippen LogP contribution in [0.1, 0.15) is 24.2 Å². The van der Waals surface area contributed by atoms with Gasteiger partial charge in [0.15, 0.2) is 0 Å². The van der Waals surface area contributed by atoms with E-state index in [-0.39, 0.29) is 17.2 Å². The summed E-state index contributed by atoms with van der Waals surface area (Å²) < 4.78 is 0. The second kappa shape index (κ2) is 5.39. The van der Waals surface area contributed by atoms with E-state index in [2.05, 4.69) is 5.32 Å². The number of aromatic hydroxyl groups is 2. The van der Waals surface area contributed by atoms with Crippen molar-refractivity contribution in [1.29, 1.82) is 0 Å². The number of carboxylic acids is 1. The minimum atomic E-state index is -1.14. The summed E-state index contributed by atoms with van der Waals surface area (Å²) in [7, 11) is 0. The first-order valence-electron chi connectivity index (χ1n) is 5.38. The predicted octanol–water partition coefficient (Wildman–Crippen LogP) is 0.937. The number of carbonyl (C=O) groups is 2. The monoisotopic (exact) mass is 253 g/mol. The highest BCUT2D eigenvalue weighted by Crippen LogP contribution is 2.22. The van der Waals surface area contributed by atoms with Crippen molar-refractivity contribution in [3.8, 4) is 11.5 Å². The summed E-state index contributed by atoms with van der Waals surface area (Å²) >= 11 is 0. The SMILES string of the molecule is CC(C)[C@@H](NC(=O)c1ccc(O)cc1O)C(=O)O. The zero-order valence-corrected chi connectivity index (χ0v) is 10.0. The molecule has 0 saturated carbocycles. The molecule has 0 saturated heterocycles. The Morgan fingerprint density at radius 1 is 1.22 bits per heavy atom. The molecule has 1 aromatic rings. The van der Waals surface area contributed by atoms with Gasteiger partial charge in [-0.15, -0.1) is 0 Å². The van der Waals surface area contributed by atoms with Gasteiger partial charge in [-0.25, -0.2) is 4.79 Å². The Labute approximate surface area is 104 Å². The Bertz CT molecular complexity index is 470. The molecule has 6 heteroatoms.